The van der Waals surface area contributed by atoms with Gasteiger partial charge in [-0.15, -0.1) is 0 Å². The highest BCUT2D eigenvalue weighted by molar-refractivity contribution is 5.26. The summed E-state index contributed by atoms with van der Waals surface area (Å²) in [5.41, 5.74) is 5.29. The third kappa shape index (κ3) is 1.45. The van der Waals surface area contributed by atoms with E-state index in [1.165, 1.54) is 24.3 Å². The second-order valence-corrected chi connectivity index (χ2v) is 1.99. The standard InChI is InChI=1S/C7H8FNO/c8-7(9)5-1-3-6(10)4-2-5/h1-4,7,10H,9H2. The van der Waals surface area contributed by atoms with Gasteiger partial charge >= 0.3 is 0 Å². The molecule has 1 unspecified atom stereocenters. The van der Waals surface area contributed by atoms with Crippen molar-refractivity contribution in [2.45, 2.75) is 6.30 Å². The van der Waals surface area contributed by atoms with Crippen LogP contribution < -0.4 is 5.73 Å². The molecule has 0 saturated carbocycles. The minimum absolute atomic E-state index is 0.115. The van der Waals surface area contributed by atoms with Crippen LogP contribution >= 0.6 is 0 Å². The first-order chi connectivity index (χ1) is 4.70. The quantitative estimate of drug-likeness (QED) is 0.579. The van der Waals surface area contributed by atoms with Crippen molar-refractivity contribution in [3.05, 3.63) is 29.8 Å². The Hall–Kier alpha value is -1.09. The number of nitrogens with two attached hydrogens (primary N) is 1. The second kappa shape index (κ2) is 2.66. The van der Waals surface area contributed by atoms with Crippen LogP contribution in [0.1, 0.15) is 11.9 Å². The molecule has 1 aromatic rings. The van der Waals surface area contributed by atoms with Crippen molar-refractivity contribution in [2.75, 3.05) is 0 Å². The highest BCUT2D eigenvalue weighted by Crippen LogP contribution is 2.14. The van der Waals surface area contributed by atoms with Crippen LogP contribution in [0.25, 0.3) is 0 Å². The third-order valence-corrected chi connectivity index (χ3v) is 1.21. The van der Waals surface area contributed by atoms with Crippen molar-refractivity contribution in [2.24, 2.45) is 5.73 Å². The molecule has 0 fully saturated rings. The summed E-state index contributed by atoms with van der Waals surface area (Å²) in [6, 6.07) is 5.68. The first kappa shape index (κ1) is 7.02. The fraction of sp³-hybridized carbons (Fsp3) is 0.143. The van der Waals surface area contributed by atoms with Gasteiger partial charge < -0.3 is 5.11 Å². The molecule has 0 heterocycles. The van der Waals surface area contributed by atoms with E-state index in [0.717, 1.165) is 0 Å². The highest BCUT2D eigenvalue weighted by atomic mass is 19.1. The minimum atomic E-state index is -1.46. The van der Waals surface area contributed by atoms with Crippen molar-refractivity contribution < 1.29 is 9.50 Å². The van der Waals surface area contributed by atoms with Gasteiger partial charge in [0.05, 0.1) is 0 Å². The molecule has 0 aliphatic rings. The van der Waals surface area contributed by atoms with E-state index in [1.807, 2.05) is 0 Å². The summed E-state index contributed by atoms with van der Waals surface area (Å²) < 4.78 is 12.3. The number of phenolic OH excluding ortho intramolecular Hbond substituents is 1. The Labute approximate surface area is 58.1 Å². The molecule has 54 valence electrons. The largest absolute Gasteiger partial charge is 0.508 e. The lowest BCUT2D eigenvalue weighted by Crippen LogP contribution is -2.02. The number of hydrogen-bond donors (Lipinski definition) is 2. The average molecular weight is 141 g/mol. The van der Waals surface area contributed by atoms with Gasteiger partial charge in [-0.25, -0.2) is 4.39 Å². The summed E-state index contributed by atoms with van der Waals surface area (Å²) in [4.78, 5) is 0. The lowest BCUT2D eigenvalue weighted by atomic mass is 10.2. The van der Waals surface area contributed by atoms with Crippen LogP contribution in [0.2, 0.25) is 0 Å². The predicted octanol–water partition coefficient (Wildman–Crippen LogP) is 1.32. The van der Waals surface area contributed by atoms with E-state index >= 15 is 0 Å². The molecule has 1 atom stereocenters. The second-order valence-electron chi connectivity index (χ2n) is 1.99. The molecule has 3 N–H and O–H groups in total. The number of aromatic hydroxyl groups is 1. The van der Waals surface area contributed by atoms with Crippen molar-refractivity contribution >= 4 is 0 Å². The average Bonchev–Trinajstić information content (AvgIpc) is 1.88. The molecule has 1 rings (SSSR count). The van der Waals surface area contributed by atoms with Crippen LogP contribution in [0.4, 0.5) is 4.39 Å². The van der Waals surface area contributed by atoms with E-state index in [2.05, 4.69) is 0 Å². The number of halogens is 1. The van der Waals surface area contributed by atoms with Gasteiger partial charge in [0.2, 0.25) is 0 Å². The lowest BCUT2D eigenvalue weighted by molar-refractivity contribution is 0.355. The summed E-state index contributed by atoms with van der Waals surface area (Å²) >= 11 is 0. The molecule has 0 spiro atoms. The zero-order valence-corrected chi connectivity index (χ0v) is 5.29. The van der Waals surface area contributed by atoms with Crippen LogP contribution in [0.15, 0.2) is 24.3 Å². The van der Waals surface area contributed by atoms with Crippen molar-refractivity contribution in [1.29, 1.82) is 0 Å². The first-order valence-corrected chi connectivity index (χ1v) is 2.89. The molecular weight excluding hydrogens is 133 g/mol. The SMILES string of the molecule is NC(F)c1ccc(O)cc1. The molecule has 0 aliphatic carbocycles. The van der Waals surface area contributed by atoms with Gasteiger partial charge in [0.1, 0.15) is 5.75 Å². The summed E-state index contributed by atoms with van der Waals surface area (Å²) in [5, 5.41) is 8.78. The molecule has 0 aliphatic heterocycles. The Kier molecular flexibility index (Phi) is 1.87. The Morgan fingerprint density at radius 2 is 1.80 bits per heavy atom. The number of benzene rings is 1. The molecule has 0 radical (unpaired) electrons. The molecular formula is C7H8FNO. The third-order valence-electron chi connectivity index (χ3n) is 1.21. The van der Waals surface area contributed by atoms with E-state index in [-0.39, 0.29) is 5.75 Å². The van der Waals surface area contributed by atoms with Gasteiger partial charge in [0.15, 0.2) is 6.30 Å². The Morgan fingerprint density at radius 1 is 1.30 bits per heavy atom. The number of alkyl halides is 1. The fourth-order valence-electron chi connectivity index (χ4n) is 0.658. The number of phenols is 1. The van der Waals surface area contributed by atoms with Crippen molar-refractivity contribution in [3.63, 3.8) is 0 Å². The van der Waals surface area contributed by atoms with E-state index < -0.39 is 6.30 Å². The molecule has 1 aromatic carbocycles. The summed E-state index contributed by atoms with van der Waals surface area (Å²) in [5.74, 6) is 0.115. The van der Waals surface area contributed by atoms with Gasteiger partial charge in [-0.2, -0.15) is 0 Å². The number of hydrogen-bond acceptors (Lipinski definition) is 2. The highest BCUT2D eigenvalue weighted by Gasteiger charge is 2.00. The van der Waals surface area contributed by atoms with E-state index in [9.17, 15) is 4.39 Å². The maximum atomic E-state index is 12.3. The summed E-state index contributed by atoms with van der Waals surface area (Å²) in [6.07, 6.45) is -1.46. The molecule has 10 heavy (non-hydrogen) atoms. The van der Waals surface area contributed by atoms with E-state index in [0.29, 0.717) is 5.56 Å². The van der Waals surface area contributed by atoms with Gasteiger partial charge in [-0.05, 0) is 12.1 Å². The molecule has 3 heteroatoms. The maximum Gasteiger partial charge on any atom is 0.174 e. The van der Waals surface area contributed by atoms with Crippen LogP contribution in [-0.2, 0) is 0 Å². The van der Waals surface area contributed by atoms with Crippen LogP contribution in [0, 0.1) is 0 Å². The molecule has 0 aromatic heterocycles. The molecule has 0 saturated heterocycles. The Balaban J connectivity index is 2.89. The van der Waals surface area contributed by atoms with Crippen LogP contribution in [0.3, 0.4) is 0 Å². The molecule has 0 bridgehead atoms. The van der Waals surface area contributed by atoms with Crippen LogP contribution in [-0.4, -0.2) is 5.11 Å². The molecule has 2 nitrogen and oxygen atoms in total. The maximum absolute atomic E-state index is 12.3. The monoisotopic (exact) mass is 141 g/mol. The van der Waals surface area contributed by atoms with Crippen LogP contribution in [0.5, 0.6) is 5.75 Å². The van der Waals surface area contributed by atoms with Crippen molar-refractivity contribution in [1.82, 2.24) is 0 Å². The Bertz CT molecular complexity index is 207. The van der Waals surface area contributed by atoms with Gasteiger partial charge in [-0.3, -0.25) is 5.73 Å². The minimum Gasteiger partial charge on any atom is -0.508 e. The Morgan fingerprint density at radius 3 is 2.20 bits per heavy atom. The van der Waals surface area contributed by atoms with E-state index in [4.69, 9.17) is 10.8 Å². The first-order valence-electron chi connectivity index (χ1n) is 2.89. The van der Waals surface area contributed by atoms with E-state index in [1.54, 1.807) is 0 Å². The zero-order valence-electron chi connectivity index (χ0n) is 5.29. The van der Waals surface area contributed by atoms with Gasteiger partial charge in [-0.1, -0.05) is 12.1 Å². The van der Waals surface area contributed by atoms with Gasteiger partial charge in [0.25, 0.3) is 0 Å². The lowest BCUT2D eigenvalue weighted by Gasteiger charge is -2.00. The van der Waals surface area contributed by atoms with Gasteiger partial charge in [0, 0.05) is 5.56 Å². The molecule has 0 amide bonds. The normalized spacial score (nSPS) is 13.0. The summed E-state index contributed by atoms with van der Waals surface area (Å²) in [7, 11) is 0. The van der Waals surface area contributed by atoms with Crippen molar-refractivity contribution in [3.8, 4) is 5.75 Å². The summed E-state index contributed by atoms with van der Waals surface area (Å²) in [6.45, 7) is 0. The topological polar surface area (TPSA) is 46.2 Å². The zero-order chi connectivity index (χ0) is 7.56. The fourth-order valence-corrected chi connectivity index (χ4v) is 0.658. The predicted molar refractivity (Wildman–Crippen MR) is 36.1 cm³/mol. The smallest absolute Gasteiger partial charge is 0.174 e. The number of rotatable bonds is 1.